The minimum Gasteiger partial charge on any atom is -0.354 e. The van der Waals surface area contributed by atoms with Crippen LogP contribution in [0.5, 0.6) is 0 Å². The lowest BCUT2D eigenvalue weighted by Gasteiger charge is -2.33. The van der Waals surface area contributed by atoms with Gasteiger partial charge in [0.1, 0.15) is 12.6 Å². The van der Waals surface area contributed by atoms with Crippen molar-refractivity contribution in [3.8, 4) is 0 Å². The van der Waals surface area contributed by atoms with Crippen LogP contribution in [0, 0.1) is 13.8 Å². The monoisotopic (exact) mass is 589 g/mol. The maximum Gasteiger partial charge on any atom is 0.264 e. The van der Waals surface area contributed by atoms with Crippen LogP contribution in [0.2, 0.25) is 10.0 Å². The van der Waals surface area contributed by atoms with Crippen LogP contribution in [0.15, 0.2) is 71.6 Å². The molecule has 0 heterocycles. The Balaban J connectivity index is 2.09. The Kier molecular flexibility index (Phi) is 10.4. The second-order valence-corrected chi connectivity index (χ2v) is 11.9. The lowest BCUT2D eigenvalue weighted by atomic mass is 10.1. The second kappa shape index (κ2) is 13.3. The third-order valence-corrected chi connectivity index (χ3v) is 9.04. The predicted molar refractivity (Wildman–Crippen MR) is 157 cm³/mol. The van der Waals surface area contributed by atoms with Crippen LogP contribution in [-0.2, 0) is 26.2 Å². The largest absolute Gasteiger partial charge is 0.354 e. The van der Waals surface area contributed by atoms with Crippen molar-refractivity contribution in [2.45, 2.75) is 51.6 Å². The topological polar surface area (TPSA) is 86.8 Å². The summed E-state index contributed by atoms with van der Waals surface area (Å²) in [4.78, 5) is 28.3. The molecule has 2 amide bonds. The molecule has 0 aliphatic rings. The van der Waals surface area contributed by atoms with Gasteiger partial charge >= 0.3 is 0 Å². The van der Waals surface area contributed by atoms with E-state index in [1.165, 1.54) is 17.0 Å². The van der Waals surface area contributed by atoms with E-state index in [2.05, 4.69) is 5.32 Å². The van der Waals surface area contributed by atoms with Crippen LogP contribution in [0.25, 0.3) is 0 Å². The van der Waals surface area contributed by atoms with Gasteiger partial charge in [0.05, 0.1) is 10.6 Å². The van der Waals surface area contributed by atoms with Gasteiger partial charge in [-0.15, -0.1) is 0 Å². The fourth-order valence-electron chi connectivity index (χ4n) is 4.07. The Morgan fingerprint density at radius 3 is 2.15 bits per heavy atom. The van der Waals surface area contributed by atoms with Crippen LogP contribution in [-0.4, -0.2) is 44.3 Å². The lowest BCUT2D eigenvalue weighted by Crippen LogP contribution is -2.51. The van der Waals surface area contributed by atoms with Crippen LogP contribution >= 0.6 is 23.2 Å². The van der Waals surface area contributed by atoms with Crippen molar-refractivity contribution in [2.24, 2.45) is 0 Å². The summed E-state index contributed by atoms with van der Waals surface area (Å²) in [6, 6.07) is 17.3. The molecule has 3 aromatic carbocycles. The van der Waals surface area contributed by atoms with E-state index in [0.717, 1.165) is 21.9 Å². The van der Waals surface area contributed by atoms with E-state index in [4.69, 9.17) is 23.2 Å². The van der Waals surface area contributed by atoms with Gasteiger partial charge in [-0.25, -0.2) is 8.42 Å². The zero-order valence-corrected chi connectivity index (χ0v) is 24.8. The number of hydrogen-bond donors (Lipinski definition) is 1. The van der Waals surface area contributed by atoms with Crippen LogP contribution in [0.3, 0.4) is 0 Å². The molecular formula is C29H33Cl2N3O4S. The van der Waals surface area contributed by atoms with E-state index in [1.807, 2.05) is 26.8 Å². The van der Waals surface area contributed by atoms with Crippen molar-refractivity contribution in [3.05, 3.63) is 93.5 Å². The number of carbonyl (C=O) groups excluding carboxylic acids is 2. The number of nitrogens with one attached hydrogen (secondary N) is 1. The number of halogens is 2. The third kappa shape index (κ3) is 7.12. The van der Waals surface area contributed by atoms with E-state index >= 15 is 0 Å². The standard InChI is InChI=1S/C29H33Cl2N3O4S/c1-5-17-32-29(36)22(4)33(18-24-25(30)14-10-15-26(24)31)28(35)19-34(27-16-9-11-20(2)21(27)3)39(37,38)23-12-7-6-8-13-23/h6-16,22H,5,17-19H2,1-4H3,(H,32,36)/t22-/m1/s1. The summed E-state index contributed by atoms with van der Waals surface area (Å²) in [6.07, 6.45) is 0.721. The van der Waals surface area contributed by atoms with E-state index < -0.39 is 28.5 Å². The van der Waals surface area contributed by atoms with Gasteiger partial charge in [0.15, 0.2) is 0 Å². The second-order valence-electron chi connectivity index (χ2n) is 9.23. The number of benzene rings is 3. The first-order chi connectivity index (χ1) is 18.5. The predicted octanol–water partition coefficient (Wildman–Crippen LogP) is 5.75. The van der Waals surface area contributed by atoms with Gasteiger partial charge in [0.2, 0.25) is 11.8 Å². The van der Waals surface area contributed by atoms with Gasteiger partial charge in [-0.3, -0.25) is 13.9 Å². The summed E-state index contributed by atoms with van der Waals surface area (Å²) in [7, 11) is -4.14. The van der Waals surface area contributed by atoms with E-state index in [1.54, 1.807) is 55.5 Å². The maximum atomic E-state index is 14.0. The number of carbonyl (C=O) groups is 2. The Morgan fingerprint density at radius 1 is 0.923 bits per heavy atom. The van der Waals surface area contributed by atoms with Crippen molar-refractivity contribution in [2.75, 3.05) is 17.4 Å². The molecule has 0 saturated heterocycles. The van der Waals surface area contributed by atoms with Crippen molar-refractivity contribution in [3.63, 3.8) is 0 Å². The Hall–Kier alpha value is -3.07. The minimum atomic E-state index is -4.14. The number of amides is 2. The molecule has 3 rings (SSSR count). The molecule has 1 atom stereocenters. The minimum absolute atomic E-state index is 0.0492. The highest BCUT2D eigenvalue weighted by Gasteiger charge is 2.33. The lowest BCUT2D eigenvalue weighted by molar-refractivity contribution is -0.139. The maximum absolute atomic E-state index is 14.0. The molecular weight excluding hydrogens is 557 g/mol. The Bertz CT molecular complexity index is 1410. The molecule has 0 spiro atoms. The molecule has 39 heavy (non-hydrogen) atoms. The Morgan fingerprint density at radius 2 is 1.54 bits per heavy atom. The fourth-order valence-corrected chi connectivity index (χ4v) is 6.08. The summed E-state index contributed by atoms with van der Waals surface area (Å²) in [5.74, 6) is -0.942. The molecule has 0 fully saturated rings. The van der Waals surface area contributed by atoms with Crippen LogP contribution in [0.4, 0.5) is 5.69 Å². The first-order valence-electron chi connectivity index (χ1n) is 12.6. The van der Waals surface area contributed by atoms with Gasteiger partial charge in [-0.05, 0) is 68.7 Å². The smallest absolute Gasteiger partial charge is 0.264 e. The first-order valence-corrected chi connectivity index (χ1v) is 14.8. The molecule has 10 heteroatoms. The van der Waals surface area contributed by atoms with Crippen LogP contribution in [0.1, 0.15) is 37.0 Å². The van der Waals surface area contributed by atoms with E-state index in [9.17, 15) is 18.0 Å². The quantitative estimate of drug-likeness (QED) is 0.308. The average Bonchev–Trinajstić information content (AvgIpc) is 2.92. The molecule has 1 N–H and O–H groups in total. The number of sulfonamides is 1. The van der Waals surface area contributed by atoms with Crippen molar-refractivity contribution in [1.82, 2.24) is 10.2 Å². The first kappa shape index (κ1) is 30.5. The summed E-state index contributed by atoms with van der Waals surface area (Å²) in [6.45, 7) is 7.04. The summed E-state index contributed by atoms with van der Waals surface area (Å²) in [5, 5.41) is 3.48. The molecule has 7 nitrogen and oxygen atoms in total. The molecule has 0 aliphatic heterocycles. The molecule has 208 valence electrons. The number of nitrogens with zero attached hydrogens (tertiary/aromatic N) is 2. The summed E-state index contributed by atoms with van der Waals surface area (Å²) in [5.41, 5.74) is 2.44. The average molecular weight is 591 g/mol. The summed E-state index contributed by atoms with van der Waals surface area (Å²) < 4.78 is 28.9. The van der Waals surface area contributed by atoms with Gasteiger partial charge in [0, 0.05) is 28.7 Å². The SMILES string of the molecule is CCCNC(=O)[C@@H](C)N(Cc1c(Cl)cccc1Cl)C(=O)CN(c1cccc(C)c1C)S(=O)(=O)c1ccccc1. The highest BCUT2D eigenvalue weighted by molar-refractivity contribution is 7.92. The zero-order chi connectivity index (χ0) is 28.7. The van der Waals surface area contributed by atoms with Gasteiger partial charge in [-0.1, -0.05) is 66.5 Å². The number of aryl methyl sites for hydroxylation is 1. The zero-order valence-electron chi connectivity index (χ0n) is 22.4. The highest BCUT2D eigenvalue weighted by Crippen LogP contribution is 2.30. The van der Waals surface area contributed by atoms with Crippen molar-refractivity contribution < 1.29 is 18.0 Å². The normalized spacial score (nSPS) is 12.1. The van der Waals surface area contributed by atoms with Gasteiger partial charge in [0.25, 0.3) is 10.0 Å². The van der Waals surface area contributed by atoms with Crippen LogP contribution < -0.4 is 9.62 Å². The third-order valence-electron chi connectivity index (χ3n) is 6.56. The number of anilines is 1. The molecule has 3 aromatic rings. The number of rotatable bonds is 11. The highest BCUT2D eigenvalue weighted by atomic mass is 35.5. The number of hydrogen-bond acceptors (Lipinski definition) is 4. The van der Waals surface area contributed by atoms with E-state index in [0.29, 0.717) is 27.8 Å². The van der Waals surface area contributed by atoms with Crippen molar-refractivity contribution >= 4 is 50.7 Å². The molecule has 0 radical (unpaired) electrons. The van der Waals surface area contributed by atoms with Gasteiger partial charge in [-0.2, -0.15) is 0 Å². The molecule has 0 bridgehead atoms. The fraction of sp³-hybridized carbons (Fsp3) is 0.310. The van der Waals surface area contributed by atoms with E-state index in [-0.39, 0.29) is 17.3 Å². The molecule has 0 unspecified atom stereocenters. The molecule has 0 saturated carbocycles. The molecule has 0 aliphatic carbocycles. The van der Waals surface area contributed by atoms with Crippen molar-refractivity contribution in [1.29, 1.82) is 0 Å². The Labute approximate surface area is 240 Å². The molecule has 0 aromatic heterocycles. The summed E-state index contributed by atoms with van der Waals surface area (Å²) >= 11 is 12.8. The van der Waals surface area contributed by atoms with Gasteiger partial charge < -0.3 is 10.2 Å².